The first-order valence-corrected chi connectivity index (χ1v) is 17.0. The van der Waals surface area contributed by atoms with E-state index in [2.05, 4.69) is 22.2 Å². The topological polar surface area (TPSA) is 157 Å². The molecule has 5 heterocycles. The lowest BCUT2D eigenvalue weighted by Gasteiger charge is -2.71. The Morgan fingerprint density at radius 1 is 1.15 bits per heavy atom. The molecule has 13 heteroatoms. The average molecular weight is 641 g/mol. The lowest BCUT2D eigenvalue weighted by atomic mass is 9.37. The fourth-order valence-electron chi connectivity index (χ4n) is 9.86. The van der Waals surface area contributed by atoms with Gasteiger partial charge in [-0.15, -0.1) is 5.10 Å². The van der Waals surface area contributed by atoms with Gasteiger partial charge in [-0.25, -0.2) is 9.97 Å². The van der Waals surface area contributed by atoms with Crippen molar-refractivity contribution in [2.75, 3.05) is 26.3 Å². The van der Waals surface area contributed by atoms with E-state index in [-0.39, 0.29) is 46.8 Å². The Balaban J connectivity index is 1.06. The number of aromatic nitrogens is 6. The maximum atomic E-state index is 14.5. The number of rotatable bonds is 6. The number of aromatic hydroxyl groups is 1. The van der Waals surface area contributed by atoms with Gasteiger partial charge < -0.3 is 24.6 Å². The van der Waals surface area contributed by atoms with Gasteiger partial charge in [0.1, 0.15) is 12.9 Å². The Hall–Kier alpha value is -4.13. The third-order valence-corrected chi connectivity index (χ3v) is 12.2. The van der Waals surface area contributed by atoms with Crippen LogP contribution in [-0.2, 0) is 21.5 Å². The monoisotopic (exact) mass is 640 g/mol. The van der Waals surface area contributed by atoms with E-state index in [4.69, 9.17) is 14.8 Å². The molecule has 1 atom stereocenters. The summed E-state index contributed by atoms with van der Waals surface area (Å²) < 4.78 is 8.85. The molecule has 0 aromatic carbocycles. The number of likely N-dealkylation sites (tertiary alicyclic amines) is 1. The molecule has 7 aliphatic rings. The molecular formula is C34H40N8O5. The van der Waals surface area contributed by atoms with Crippen molar-refractivity contribution in [1.82, 2.24) is 39.3 Å². The fourth-order valence-corrected chi connectivity index (χ4v) is 9.86. The van der Waals surface area contributed by atoms with Gasteiger partial charge in [-0.1, -0.05) is 13.0 Å². The van der Waals surface area contributed by atoms with E-state index in [0.29, 0.717) is 73.8 Å². The molecule has 4 saturated carbocycles. The van der Waals surface area contributed by atoms with E-state index in [0.717, 1.165) is 42.9 Å². The standard InChI is InChI=1S/C34H40N8O5/c1-19-13-32(7-9-40(10-8-32)30(46)25-27(44)20(2)35-18-36-25)24-26(19)41(14-23(43)38-34-15-33(16-34,17-34)22-3-4-22)31-37-28(39-42(31)29(24)45)21-5-11-47-12-6-21/h5,18-19,22,44H,3-4,6-17H2,1-2H3,(H,38,43)/t19-,33?,34?/m1/s1. The number of carbonyl (C=O) groups is 2. The number of carbonyl (C=O) groups excluding carboxylic acids is 2. The zero-order valence-electron chi connectivity index (χ0n) is 26.9. The summed E-state index contributed by atoms with van der Waals surface area (Å²) >= 11 is 0. The van der Waals surface area contributed by atoms with Gasteiger partial charge in [-0.3, -0.25) is 14.4 Å². The fraction of sp³-hybridized carbons (Fsp3) is 0.618. The number of fused-ring (bicyclic) bond motifs is 3. The molecule has 13 nitrogen and oxygen atoms in total. The summed E-state index contributed by atoms with van der Waals surface area (Å²) in [5, 5.41) is 18.6. The van der Waals surface area contributed by atoms with E-state index < -0.39 is 5.41 Å². The van der Waals surface area contributed by atoms with Crippen molar-refractivity contribution in [3.8, 4) is 5.75 Å². The van der Waals surface area contributed by atoms with Crippen LogP contribution in [0.25, 0.3) is 11.4 Å². The third-order valence-electron chi connectivity index (χ3n) is 12.2. The first-order chi connectivity index (χ1) is 22.6. The van der Waals surface area contributed by atoms with Gasteiger partial charge >= 0.3 is 0 Å². The van der Waals surface area contributed by atoms with E-state index in [1.165, 1.54) is 23.7 Å². The quantitative estimate of drug-likeness (QED) is 0.413. The van der Waals surface area contributed by atoms with Crippen LogP contribution in [0.2, 0.25) is 0 Å². The molecule has 2 amide bonds. The summed E-state index contributed by atoms with van der Waals surface area (Å²) in [6, 6.07) is 0. The minimum Gasteiger partial charge on any atom is -0.504 e. The number of nitrogens with one attached hydrogen (secondary N) is 1. The van der Waals surface area contributed by atoms with Crippen LogP contribution in [0.1, 0.15) is 104 Å². The molecule has 10 rings (SSSR count). The average Bonchev–Trinajstić information content (AvgIpc) is 3.70. The van der Waals surface area contributed by atoms with Crippen LogP contribution in [0.4, 0.5) is 0 Å². The Bertz CT molecular complexity index is 1930. The van der Waals surface area contributed by atoms with Gasteiger partial charge in [0, 0.05) is 35.3 Å². The van der Waals surface area contributed by atoms with Crippen LogP contribution in [0.5, 0.6) is 5.75 Å². The van der Waals surface area contributed by atoms with Gasteiger partial charge in [-0.05, 0) is 87.5 Å². The van der Waals surface area contributed by atoms with Crippen LogP contribution < -0.4 is 10.9 Å². The maximum Gasteiger partial charge on any atom is 0.279 e. The highest BCUT2D eigenvalue weighted by atomic mass is 16.5. The molecule has 3 aromatic rings. The maximum absolute atomic E-state index is 14.5. The van der Waals surface area contributed by atoms with E-state index >= 15 is 0 Å². The summed E-state index contributed by atoms with van der Waals surface area (Å²) in [4.78, 5) is 56.2. The highest BCUT2D eigenvalue weighted by Crippen LogP contribution is 2.75. The zero-order valence-corrected chi connectivity index (χ0v) is 26.9. The Morgan fingerprint density at radius 2 is 1.91 bits per heavy atom. The molecule has 2 aliphatic heterocycles. The first-order valence-electron chi connectivity index (χ1n) is 17.0. The summed E-state index contributed by atoms with van der Waals surface area (Å²) in [6.45, 7) is 5.68. The second kappa shape index (κ2) is 9.94. The van der Waals surface area contributed by atoms with Crippen molar-refractivity contribution >= 4 is 23.2 Å². The predicted molar refractivity (Wildman–Crippen MR) is 169 cm³/mol. The molecule has 2 bridgehead atoms. The predicted octanol–water partition coefficient (Wildman–Crippen LogP) is 2.63. The van der Waals surface area contributed by atoms with Crippen molar-refractivity contribution in [3.63, 3.8) is 0 Å². The highest BCUT2D eigenvalue weighted by molar-refractivity contribution is 5.95. The zero-order chi connectivity index (χ0) is 32.3. The summed E-state index contributed by atoms with van der Waals surface area (Å²) in [5.41, 5.74) is 2.55. The Kier molecular flexibility index (Phi) is 6.14. The van der Waals surface area contributed by atoms with Crippen molar-refractivity contribution in [3.05, 3.63) is 51.2 Å². The number of aryl methyl sites for hydroxylation is 1. The molecule has 5 fully saturated rings. The molecule has 3 aromatic heterocycles. The largest absolute Gasteiger partial charge is 0.504 e. The van der Waals surface area contributed by atoms with Gasteiger partial charge in [0.05, 0.1) is 18.9 Å². The SMILES string of the molecule is Cc1ncnc(C(=O)N2CCC3(CC2)C[C@@H](C)c2c3c(=O)n3nc(C4=CCOCC4)nc3n2CC(=O)NC23CC(C4CC4)(C2)C3)c1O. The van der Waals surface area contributed by atoms with E-state index in [9.17, 15) is 19.5 Å². The Labute approximate surface area is 271 Å². The highest BCUT2D eigenvalue weighted by Gasteiger charge is 2.72. The second-order valence-electron chi connectivity index (χ2n) is 15.2. The molecule has 1 saturated heterocycles. The van der Waals surface area contributed by atoms with Gasteiger partial charge in [0.15, 0.2) is 17.3 Å². The molecule has 0 radical (unpaired) electrons. The number of hydrogen-bond donors (Lipinski definition) is 2. The van der Waals surface area contributed by atoms with Crippen molar-refractivity contribution < 1.29 is 19.4 Å². The number of ether oxygens (including phenoxy) is 1. The van der Waals surface area contributed by atoms with Crippen molar-refractivity contribution in [2.24, 2.45) is 11.3 Å². The number of nitrogens with zero attached hydrogens (tertiary/aromatic N) is 7. The first kappa shape index (κ1) is 29.0. The molecule has 1 spiro atoms. The normalized spacial score (nSPS) is 28.9. The summed E-state index contributed by atoms with van der Waals surface area (Å²) in [6.07, 6.45) is 11.7. The van der Waals surface area contributed by atoms with Crippen molar-refractivity contribution in [1.29, 1.82) is 0 Å². The Morgan fingerprint density at radius 3 is 2.62 bits per heavy atom. The lowest BCUT2D eigenvalue weighted by Crippen LogP contribution is -2.75. The van der Waals surface area contributed by atoms with Gasteiger partial charge in [0.25, 0.3) is 11.5 Å². The minimum absolute atomic E-state index is 0.00170. The number of hydrogen-bond acceptors (Lipinski definition) is 9. The van der Waals surface area contributed by atoms with Gasteiger partial charge in [-0.2, -0.15) is 9.50 Å². The van der Waals surface area contributed by atoms with E-state index in [1.807, 2.05) is 10.6 Å². The second-order valence-corrected chi connectivity index (χ2v) is 15.2. The molecule has 0 unspecified atom stereocenters. The molecule has 246 valence electrons. The third kappa shape index (κ3) is 4.27. The van der Waals surface area contributed by atoms with Crippen LogP contribution >= 0.6 is 0 Å². The van der Waals surface area contributed by atoms with Crippen molar-refractivity contribution in [2.45, 2.75) is 95.1 Å². The van der Waals surface area contributed by atoms with Crippen LogP contribution in [0.3, 0.4) is 0 Å². The summed E-state index contributed by atoms with van der Waals surface area (Å²) in [7, 11) is 0. The smallest absolute Gasteiger partial charge is 0.279 e. The van der Waals surface area contributed by atoms with Crippen LogP contribution in [0, 0.1) is 18.3 Å². The van der Waals surface area contributed by atoms with E-state index in [1.54, 1.807) is 11.8 Å². The number of amides is 2. The molecule has 2 N–H and O–H groups in total. The van der Waals surface area contributed by atoms with Crippen LogP contribution in [-0.4, -0.2) is 82.8 Å². The lowest BCUT2D eigenvalue weighted by molar-refractivity contribution is -0.176. The summed E-state index contributed by atoms with van der Waals surface area (Å²) in [5.74, 6) is 1.14. The minimum atomic E-state index is -0.479. The molecule has 47 heavy (non-hydrogen) atoms. The molecular weight excluding hydrogens is 600 g/mol. The van der Waals surface area contributed by atoms with Crippen LogP contribution in [0.15, 0.2) is 17.2 Å². The van der Waals surface area contributed by atoms with Gasteiger partial charge in [0.2, 0.25) is 11.7 Å². The number of piperidine rings is 1. The molecule has 5 aliphatic carbocycles.